The molecule has 1 aromatic rings. The number of oxime groups is 1. The van der Waals surface area contributed by atoms with E-state index in [0.29, 0.717) is 28.6 Å². The first kappa shape index (κ1) is 13.0. The molecular formula is C11H11Cl2N3O2. The van der Waals surface area contributed by atoms with E-state index in [2.05, 4.69) is 10.5 Å². The molecule has 96 valence electrons. The maximum absolute atomic E-state index is 12.1. The van der Waals surface area contributed by atoms with Crippen LogP contribution in [0, 0.1) is 5.41 Å². The van der Waals surface area contributed by atoms with E-state index in [1.54, 1.807) is 12.1 Å². The van der Waals surface area contributed by atoms with Crippen LogP contribution >= 0.6 is 23.2 Å². The van der Waals surface area contributed by atoms with Crippen molar-refractivity contribution < 1.29 is 10.0 Å². The molecular weight excluding hydrogens is 277 g/mol. The molecule has 0 radical (unpaired) electrons. The van der Waals surface area contributed by atoms with Crippen molar-refractivity contribution in [1.82, 2.24) is 0 Å². The highest BCUT2D eigenvalue weighted by atomic mass is 35.5. The van der Waals surface area contributed by atoms with Gasteiger partial charge in [0.25, 0.3) is 0 Å². The van der Waals surface area contributed by atoms with Crippen molar-refractivity contribution in [2.45, 2.75) is 12.8 Å². The van der Waals surface area contributed by atoms with Crippen LogP contribution in [0.3, 0.4) is 0 Å². The summed E-state index contributed by atoms with van der Waals surface area (Å²) in [5.41, 5.74) is 5.06. The van der Waals surface area contributed by atoms with E-state index >= 15 is 0 Å². The number of nitrogens with two attached hydrogens (primary N) is 1. The Morgan fingerprint density at radius 1 is 1.44 bits per heavy atom. The predicted octanol–water partition coefficient (Wildman–Crippen LogP) is 2.46. The number of amidine groups is 1. The molecule has 4 N–H and O–H groups in total. The van der Waals surface area contributed by atoms with Gasteiger partial charge in [0.2, 0.25) is 5.91 Å². The van der Waals surface area contributed by atoms with Crippen molar-refractivity contribution in [3.63, 3.8) is 0 Å². The minimum absolute atomic E-state index is 0.0786. The molecule has 1 amide bonds. The smallest absolute Gasteiger partial charge is 0.238 e. The maximum atomic E-state index is 12.1. The second kappa shape index (κ2) is 4.66. The van der Waals surface area contributed by atoms with Crippen LogP contribution in [0.1, 0.15) is 12.8 Å². The molecule has 2 rings (SSSR count). The van der Waals surface area contributed by atoms with Crippen molar-refractivity contribution in [3.05, 3.63) is 28.2 Å². The normalized spacial score (nSPS) is 17.3. The lowest BCUT2D eigenvalue weighted by Crippen LogP contribution is -2.36. The first-order chi connectivity index (χ1) is 8.49. The van der Waals surface area contributed by atoms with Gasteiger partial charge in [-0.15, -0.1) is 0 Å². The van der Waals surface area contributed by atoms with Crippen LogP contribution in [0.15, 0.2) is 23.4 Å². The Balaban J connectivity index is 2.18. The Morgan fingerprint density at radius 2 is 2.11 bits per heavy atom. The minimum atomic E-state index is -0.905. The fourth-order valence-corrected chi connectivity index (χ4v) is 2.11. The van der Waals surface area contributed by atoms with Crippen LogP contribution in [-0.4, -0.2) is 17.0 Å². The number of halogens is 2. The molecule has 7 heteroatoms. The van der Waals surface area contributed by atoms with Gasteiger partial charge in [-0.1, -0.05) is 28.4 Å². The summed E-state index contributed by atoms with van der Waals surface area (Å²) in [5.74, 6) is -0.410. The quantitative estimate of drug-likeness (QED) is 0.345. The molecule has 0 unspecified atom stereocenters. The van der Waals surface area contributed by atoms with Gasteiger partial charge in [0, 0.05) is 5.02 Å². The zero-order chi connectivity index (χ0) is 13.3. The summed E-state index contributed by atoms with van der Waals surface area (Å²) < 4.78 is 0. The highest BCUT2D eigenvalue weighted by molar-refractivity contribution is 6.36. The molecule has 0 heterocycles. The molecule has 0 aromatic heterocycles. The zero-order valence-corrected chi connectivity index (χ0v) is 10.8. The summed E-state index contributed by atoms with van der Waals surface area (Å²) in [7, 11) is 0. The topological polar surface area (TPSA) is 87.7 Å². The molecule has 0 aliphatic heterocycles. The van der Waals surface area contributed by atoms with Gasteiger partial charge in [0.1, 0.15) is 5.41 Å². The second-order valence-electron chi connectivity index (χ2n) is 4.15. The highest BCUT2D eigenvalue weighted by Crippen LogP contribution is 2.47. The van der Waals surface area contributed by atoms with Crippen LogP contribution in [0.5, 0.6) is 0 Å². The summed E-state index contributed by atoms with van der Waals surface area (Å²) in [6, 6.07) is 4.75. The molecule has 0 atom stereocenters. The molecule has 1 fully saturated rings. The fraction of sp³-hybridized carbons (Fsp3) is 0.273. The lowest BCUT2D eigenvalue weighted by atomic mass is 10.1. The molecule has 1 saturated carbocycles. The number of amides is 1. The van der Waals surface area contributed by atoms with Gasteiger partial charge >= 0.3 is 0 Å². The van der Waals surface area contributed by atoms with E-state index in [1.807, 2.05) is 0 Å². The third-order valence-corrected chi connectivity index (χ3v) is 3.51. The van der Waals surface area contributed by atoms with Gasteiger partial charge < -0.3 is 16.3 Å². The van der Waals surface area contributed by atoms with Crippen molar-refractivity contribution >= 4 is 40.6 Å². The van der Waals surface area contributed by atoms with Crippen LogP contribution in [-0.2, 0) is 4.79 Å². The Bertz CT molecular complexity index is 527. The van der Waals surface area contributed by atoms with Crippen molar-refractivity contribution in [1.29, 1.82) is 0 Å². The van der Waals surface area contributed by atoms with Gasteiger partial charge in [-0.2, -0.15) is 0 Å². The van der Waals surface area contributed by atoms with Crippen LogP contribution in [0.2, 0.25) is 10.0 Å². The Labute approximate surface area is 114 Å². The monoisotopic (exact) mass is 287 g/mol. The molecule has 18 heavy (non-hydrogen) atoms. The Morgan fingerprint density at radius 3 is 2.61 bits per heavy atom. The third-order valence-electron chi connectivity index (χ3n) is 2.96. The van der Waals surface area contributed by atoms with E-state index in [9.17, 15) is 4.79 Å². The van der Waals surface area contributed by atoms with Gasteiger partial charge in [0.05, 0.1) is 10.7 Å². The number of carbonyl (C=O) groups is 1. The lowest BCUT2D eigenvalue weighted by Gasteiger charge is -2.14. The van der Waals surface area contributed by atoms with E-state index in [1.165, 1.54) is 6.07 Å². The summed E-state index contributed by atoms with van der Waals surface area (Å²) in [4.78, 5) is 12.1. The molecule has 0 spiro atoms. The van der Waals surface area contributed by atoms with Crippen molar-refractivity contribution in [3.8, 4) is 0 Å². The number of anilines is 1. The molecule has 5 nitrogen and oxygen atoms in total. The largest absolute Gasteiger partial charge is 0.409 e. The predicted molar refractivity (Wildman–Crippen MR) is 70.2 cm³/mol. The molecule has 0 saturated heterocycles. The number of hydrogen-bond acceptors (Lipinski definition) is 3. The van der Waals surface area contributed by atoms with E-state index < -0.39 is 5.41 Å². The first-order valence-corrected chi connectivity index (χ1v) is 6.00. The Hall–Kier alpha value is -1.46. The number of rotatable bonds is 3. The summed E-state index contributed by atoms with van der Waals surface area (Å²) in [6.45, 7) is 0. The number of hydrogen-bond donors (Lipinski definition) is 3. The maximum Gasteiger partial charge on any atom is 0.238 e. The summed E-state index contributed by atoms with van der Waals surface area (Å²) in [5, 5.41) is 15.0. The van der Waals surface area contributed by atoms with Crippen LogP contribution in [0.4, 0.5) is 5.69 Å². The standard InChI is InChI=1S/C11H11Cl2N3O2/c12-6-1-2-8(7(13)5-6)15-10(17)11(3-4-11)9(14)16-18/h1-2,5,18H,3-4H2,(H2,14,16)(H,15,17). The number of benzene rings is 1. The van der Waals surface area contributed by atoms with E-state index in [-0.39, 0.29) is 11.7 Å². The van der Waals surface area contributed by atoms with E-state index in [0.717, 1.165) is 0 Å². The summed E-state index contributed by atoms with van der Waals surface area (Å²) in [6.07, 6.45) is 1.11. The molecule has 1 aliphatic carbocycles. The average molecular weight is 288 g/mol. The number of carbonyl (C=O) groups excluding carboxylic acids is 1. The van der Waals surface area contributed by atoms with Crippen LogP contribution < -0.4 is 11.1 Å². The minimum Gasteiger partial charge on any atom is -0.409 e. The van der Waals surface area contributed by atoms with Gasteiger partial charge in [-0.05, 0) is 31.0 Å². The van der Waals surface area contributed by atoms with Gasteiger partial charge in [-0.3, -0.25) is 4.79 Å². The average Bonchev–Trinajstić information content (AvgIpc) is 3.13. The number of nitrogens with zero attached hydrogens (tertiary/aromatic N) is 1. The fourth-order valence-electron chi connectivity index (χ4n) is 1.65. The molecule has 1 aliphatic rings. The summed E-state index contributed by atoms with van der Waals surface area (Å²) >= 11 is 11.7. The zero-order valence-electron chi connectivity index (χ0n) is 9.28. The first-order valence-electron chi connectivity index (χ1n) is 5.24. The third kappa shape index (κ3) is 2.23. The molecule has 0 bridgehead atoms. The van der Waals surface area contributed by atoms with Crippen LogP contribution in [0.25, 0.3) is 0 Å². The van der Waals surface area contributed by atoms with Gasteiger partial charge in [-0.25, -0.2) is 0 Å². The van der Waals surface area contributed by atoms with Crippen molar-refractivity contribution in [2.75, 3.05) is 5.32 Å². The lowest BCUT2D eigenvalue weighted by molar-refractivity contribution is -0.119. The molecule has 1 aromatic carbocycles. The highest BCUT2D eigenvalue weighted by Gasteiger charge is 2.54. The Kier molecular flexibility index (Phi) is 3.36. The van der Waals surface area contributed by atoms with Gasteiger partial charge in [0.15, 0.2) is 5.84 Å². The number of nitrogens with one attached hydrogen (secondary N) is 1. The SMILES string of the molecule is N/C(=N/O)C1(C(=O)Nc2ccc(Cl)cc2Cl)CC1. The van der Waals surface area contributed by atoms with Crippen molar-refractivity contribution in [2.24, 2.45) is 16.3 Å². The second-order valence-corrected chi connectivity index (χ2v) is 4.99. The van der Waals surface area contributed by atoms with E-state index in [4.69, 9.17) is 34.1 Å².